The molecule has 2 N–H and O–H groups in total. The Labute approximate surface area is 87.6 Å². The zero-order valence-electron chi connectivity index (χ0n) is 8.34. The minimum atomic E-state index is -0.520. The maximum atomic E-state index is 12.9. The fraction of sp³-hybridized carbons (Fsp3) is 0.333. The number of allylic oxidation sites excluding steroid dienone is 1. The van der Waals surface area contributed by atoms with Gasteiger partial charge in [-0.2, -0.15) is 0 Å². The summed E-state index contributed by atoms with van der Waals surface area (Å²) in [7, 11) is 0. The Morgan fingerprint density at radius 1 is 1.20 bits per heavy atom. The molecule has 1 nitrogen and oxygen atoms in total. The average molecular weight is 209 g/mol. The van der Waals surface area contributed by atoms with Crippen LogP contribution in [0.2, 0.25) is 0 Å². The van der Waals surface area contributed by atoms with E-state index in [1.54, 1.807) is 0 Å². The predicted molar refractivity (Wildman–Crippen MR) is 55.4 cm³/mol. The van der Waals surface area contributed by atoms with E-state index in [-0.39, 0.29) is 6.04 Å². The smallest absolute Gasteiger partial charge is 0.126 e. The van der Waals surface area contributed by atoms with Gasteiger partial charge in [0.2, 0.25) is 0 Å². The quantitative estimate of drug-likeness (QED) is 0.744. The lowest BCUT2D eigenvalue weighted by atomic mass is 10.0. The number of hydrogen-bond acceptors (Lipinski definition) is 1. The monoisotopic (exact) mass is 209 g/mol. The van der Waals surface area contributed by atoms with Crippen molar-refractivity contribution in [3.8, 4) is 0 Å². The van der Waals surface area contributed by atoms with Crippen molar-refractivity contribution in [3.05, 3.63) is 47.0 Å². The number of benzene rings is 1. The van der Waals surface area contributed by atoms with Gasteiger partial charge in [-0.15, -0.1) is 0 Å². The Morgan fingerprint density at radius 2 is 1.87 bits per heavy atom. The van der Waals surface area contributed by atoms with Crippen molar-refractivity contribution in [2.24, 2.45) is 5.73 Å². The predicted octanol–water partition coefficient (Wildman–Crippen LogP) is 2.55. The molecule has 0 heterocycles. The van der Waals surface area contributed by atoms with Crippen LogP contribution in [0.25, 0.3) is 0 Å². The Hall–Kier alpha value is -1.22. The van der Waals surface area contributed by atoms with E-state index in [1.165, 1.54) is 17.7 Å². The molecular formula is C12H13F2N. The fourth-order valence-corrected chi connectivity index (χ4v) is 1.94. The van der Waals surface area contributed by atoms with Crippen LogP contribution in [0, 0.1) is 11.6 Å². The second-order valence-corrected chi connectivity index (χ2v) is 3.98. The van der Waals surface area contributed by atoms with Crippen LogP contribution in [0.3, 0.4) is 0 Å². The highest BCUT2D eigenvalue weighted by Crippen LogP contribution is 2.22. The van der Waals surface area contributed by atoms with E-state index in [2.05, 4.69) is 0 Å². The molecule has 0 spiro atoms. The van der Waals surface area contributed by atoms with Crippen LogP contribution in [0.15, 0.2) is 29.8 Å². The minimum Gasteiger partial charge on any atom is -0.324 e. The van der Waals surface area contributed by atoms with E-state index >= 15 is 0 Å². The maximum Gasteiger partial charge on any atom is 0.126 e. The van der Waals surface area contributed by atoms with Gasteiger partial charge in [-0.05, 0) is 37.0 Å². The lowest BCUT2D eigenvalue weighted by Crippen LogP contribution is -2.11. The topological polar surface area (TPSA) is 26.0 Å². The molecule has 0 bridgehead atoms. The molecule has 0 saturated carbocycles. The molecule has 1 unspecified atom stereocenters. The molecule has 0 saturated heterocycles. The van der Waals surface area contributed by atoms with Crippen LogP contribution in [-0.2, 0) is 6.42 Å². The Balaban J connectivity index is 2.14. The molecule has 1 aromatic carbocycles. The molecule has 3 heteroatoms. The van der Waals surface area contributed by atoms with Gasteiger partial charge in [-0.25, -0.2) is 8.78 Å². The Morgan fingerprint density at radius 3 is 2.40 bits per heavy atom. The van der Waals surface area contributed by atoms with Crippen molar-refractivity contribution in [2.75, 3.05) is 0 Å². The summed E-state index contributed by atoms with van der Waals surface area (Å²) in [5.74, 6) is -1.04. The lowest BCUT2D eigenvalue weighted by Gasteiger charge is -2.02. The van der Waals surface area contributed by atoms with Gasteiger partial charge in [0.15, 0.2) is 0 Å². The summed E-state index contributed by atoms with van der Waals surface area (Å²) in [5.41, 5.74) is 7.56. The second-order valence-electron chi connectivity index (χ2n) is 3.98. The highest BCUT2D eigenvalue weighted by atomic mass is 19.1. The van der Waals surface area contributed by atoms with Crippen LogP contribution in [0.5, 0.6) is 0 Å². The van der Waals surface area contributed by atoms with Crippen LogP contribution in [0.4, 0.5) is 8.78 Å². The number of rotatable bonds is 2. The summed E-state index contributed by atoms with van der Waals surface area (Å²) >= 11 is 0. The van der Waals surface area contributed by atoms with Gasteiger partial charge in [-0.3, -0.25) is 0 Å². The van der Waals surface area contributed by atoms with Crippen LogP contribution < -0.4 is 5.73 Å². The molecule has 0 fully saturated rings. The van der Waals surface area contributed by atoms with Crippen molar-refractivity contribution >= 4 is 0 Å². The molecule has 0 amide bonds. The molecule has 0 aliphatic heterocycles. The van der Waals surface area contributed by atoms with Gasteiger partial charge in [0.1, 0.15) is 11.6 Å². The van der Waals surface area contributed by atoms with Crippen LogP contribution >= 0.6 is 0 Å². The van der Waals surface area contributed by atoms with Crippen molar-refractivity contribution < 1.29 is 8.78 Å². The van der Waals surface area contributed by atoms with E-state index in [0.717, 1.165) is 18.9 Å². The fourth-order valence-electron chi connectivity index (χ4n) is 1.94. The van der Waals surface area contributed by atoms with E-state index in [1.807, 2.05) is 6.08 Å². The van der Waals surface area contributed by atoms with E-state index < -0.39 is 11.6 Å². The van der Waals surface area contributed by atoms with Gasteiger partial charge in [-0.1, -0.05) is 11.6 Å². The summed E-state index contributed by atoms with van der Waals surface area (Å²) in [4.78, 5) is 0. The van der Waals surface area contributed by atoms with Crippen molar-refractivity contribution in [3.63, 3.8) is 0 Å². The molecule has 1 aromatic rings. The van der Waals surface area contributed by atoms with Crippen LogP contribution in [-0.4, -0.2) is 6.04 Å². The van der Waals surface area contributed by atoms with E-state index in [9.17, 15) is 8.78 Å². The summed E-state index contributed by atoms with van der Waals surface area (Å²) < 4.78 is 25.8. The number of halogens is 2. The summed E-state index contributed by atoms with van der Waals surface area (Å²) in [6.45, 7) is 0. The van der Waals surface area contributed by atoms with Crippen molar-refractivity contribution in [1.82, 2.24) is 0 Å². The molecular weight excluding hydrogens is 196 g/mol. The summed E-state index contributed by atoms with van der Waals surface area (Å²) in [6, 6.07) is 3.73. The third-order valence-corrected chi connectivity index (χ3v) is 2.60. The van der Waals surface area contributed by atoms with Gasteiger partial charge < -0.3 is 5.73 Å². The Bertz CT molecular complexity index is 378. The normalized spacial score (nSPS) is 20.5. The molecule has 1 aliphatic carbocycles. The molecule has 1 aliphatic rings. The van der Waals surface area contributed by atoms with E-state index in [0.29, 0.717) is 12.0 Å². The van der Waals surface area contributed by atoms with E-state index in [4.69, 9.17) is 5.73 Å². The molecule has 15 heavy (non-hydrogen) atoms. The van der Waals surface area contributed by atoms with Crippen molar-refractivity contribution in [2.45, 2.75) is 25.3 Å². The number of nitrogens with two attached hydrogens (primary N) is 1. The minimum absolute atomic E-state index is 0.110. The van der Waals surface area contributed by atoms with Gasteiger partial charge in [0, 0.05) is 12.1 Å². The standard InChI is InChI=1S/C12H13F2N/c13-10-4-9(5-11(14)7-10)3-8-1-2-12(15)6-8/h4-7,12H,1-3,15H2. The van der Waals surface area contributed by atoms with Crippen LogP contribution in [0.1, 0.15) is 18.4 Å². The summed E-state index contributed by atoms with van der Waals surface area (Å²) in [5, 5.41) is 0. The lowest BCUT2D eigenvalue weighted by molar-refractivity contribution is 0.580. The number of hydrogen-bond donors (Lipinski definition) is 1. The molecule has 0 radical (unpaired) electrons. The third-order valence-electron chi connectivity index (χ3n) is 2.60. The zero-order valence-corrected chi connectivity index (χ0v) is 8.34. The second kappa shape index (κ2) is 4.11. The molecule has 80 valence electrons. The molecule has 2 rings (SSSR count). The highest BCUT2D eigenvalue weighted by molar-refractivity contribution is 5.26. The average Bonchev–Trinajstić information content (AvgIpc) is 2.49. The maximum absolute atomic E-state index is 12.9. The van der Waals surface area contributed by atoms with Crippen molar-refractivity contribution in [1.29, 1.82) is 0 Å². The first-order valence-electron chi connectivity index (χ1n) is 5.03. The van der Waals surface area contributed by atoms with Gasteiger partial charge >= 0.3 is 0 Å². The van der Waals surface area contributed by atoms with Gasteiger partial charge in [0.25, 0.3) is 0 Å². The van der Waals surface area contributed by atoms with Gasteiger partial charge in [0.05, 0.1) is 0 Å². The summed E-state index contributed by atoms with van der Waals surface area (Å²) in [6.07, 6.45) is 4.46. The SMILES string of the molecule is NC1C=C(Cc2cc(F)cc(F)c2)CC1. The highest BCUT2D eigenvalue weighted by Gasteiger charge is 2.12. The molecule has 1 atom stereocenters. The Kier molecular flexibility index (Phi) is 2.82. The first-order chi connectivity index (χ1) is 7.13. The first-order valence-corrected chi connectivity index (χ1v) is 5.03. The molecule has 0 aromatic heterocycles. The largest absolute Gasteiger partial charge is 0.324 e. The zero-order chi connectivity index (χ0) is 10.8. The third kappa shape index (κ3) is 2.63. The first kappa shape index (κ1) is 10.3.